The standard InChI is InChI=1S/C22H28N2O6/c1-13-3-17(18(24(28)29)4-14(13)2)23-19(25)11-30-20(26)10-21-6-15-5-16(7-21)9-22(27,8-15)12-21/h3-4,15-16,27H,5-12H2,1-2H3,(H,23,25)/t15-,16+,21?,22?. The van der Waals surface area contributed by atoms with E-state index in [9.17, 15) is 24.8 Å². The van der Waals surface area contributed by atoms with Crippen LogP contribution in [0.1, 0.15) is 56.1 Å². The predicted octanol–water partition coefficient (Wildman–Crippen LogP) is 3.41. The second-order valence-corrected chi connectivity index (χ2v) is 9.78. The van der Waals surface area contributed by atoms with Gasteiger partial charge in [0.25, 0.3) is 11.6 Å². The number of aryl methyl sites for hydroxylation is 2. The van der Waals surface area contributed by atoms with Crippen LogP contribution in [0.15, 0.2) is 12.1 Å². The van der Waals surface area contributed by atoms with Gasteiger partial charge in [-0.3, -0.25) is 19.7 Å². The molecular formula is C22H28N2O6. The number of carbonyl (C=O) groups excluding carboxylic acids is 2. The third-order valence-corrected chi connectivity index (χ3v) is 7.12. The molecule has 8 nitrogen and oxygen atoms in total. The van der Waals surface area contributed by atoms with Crippen molar-refractivity contribution in [2.24, 2.45) is 17.3 Å². The number of esters is 1. The van der Waals surface area contributed by atoms with Crippen molar-refractivity contribution in [1.82, 2.24) is 0 Å². The normalized spacial score (nSPS) is 31.4. The van der Waals surface area contributed by atoms with Crippen LogP contribution < -0.4 is 5.32 Å². The largest absolute Gasteiger partial charge is 0.456 e. The highest BCUT2D eigenvalue weighted by Gasteiger charge is 2.57. The number of hydrogen-bond donors (Lipinski definition) is 2. The molecule has 0 spiro atoms. The molecule has 4 aliphatic carbocycles. The number of hydrogen-bond acceptors (Lipinski definition) is 6. The van der Waals surface area contributed by atoms with E-state index in [2.05, 4.69) is 5.32 Å². The third kappa shape index (κ3) is 4.05. The number of anilines is 1. The summed E-state index contributed by atoms with van der Waals surface area (Å²) in [6.07, 6.45) is 5.50. The van der Waals surface area contributed by atoms with Crippen LogP contribution in [-0.2, 0) is 14.3 Å². The molecule has 4 fully saturated rings. The van der Waals surface area contributed by atoms with E-state index < -0.39 is 29.0 Å². The van der Waals surface area contributed by atoms with Gasteiger partial charge in [-0.25, -0.2) is 0 Å². The van der Waals surface area contributed by atoms with Gasteiger partial charge in [0.1, 0.15) is 5.69 Å². The van der Waals surface area contributed by atoms with E-state index in [-0.39, 0.29) is 23.2 Å². The Labute approximate surface area is 175 Å². The number of nitrogens with zero attached hydrogens (tertiary/aromatic N) is 1. The average molecular weight is 416 g/mol. The Morgan fingerprint density at radius 3 is 2.43 bits per heavy atom. The summed E-state index contributed by atoms with van der Waals surface area (Å²) in [5, 5.41) is 24.5. The van der Waals surface area contributed by atoms with Gasteiger partial charge in [0.2, 0.25) is 0 Å². The van der Waals surface area contributed by atoms with Crippen LogP contribution in [0.4, 0.5) is 11.4 Å². The lowest BCUT2D eigenvalue weighted by Crippen LogP contribution is -2.56. The second-order valence-electron chi connectivity index (χ2n) is 9.78. The summed E-state index contributed by atoms with van der Waals surface area (Å²) in [5.41, 5.74) is 0.589. The molecule has 0 aromatic heterocycles. The number of nitro groups is 1. The molecule has 2 N–H and O–H groups in total. The lowest BCUT2D eigenvalue weighted by atomic mass is 9.47. The highest BCUT2D eigenvalue weighted by molar-refractivity contribution is 5.95. The Hall–Kier alpha value is -2.48. The predicted molar refractivity (Wildman–Crippen MR) is 109 cm³/mol. The fourth-order valence-electron chi connectivity index (χ4n) is 6.35. The molecule has 0 radical (unpaired) electrons. The topological polar surface area (TPSA) is 119 Å². The van der Waals surface area contributed by atoms with Gasteiger partial charge in [0.15, 0.2) is 6.61 Å². The Balaban J connectivity index is 1.34. The first-order chi connectivity index (χ1) is 14.1. The van der Waals surface area contributed by atoms with Gasteiger partial charge in [0.05, 0.1) is 16.9 Å². The summed E-state index contributed by atoms with van der Waals surface area (Å²) >= 11 is 0. The van der Waals surface area contributed by atoms with Gasteiger partial charge in [-0.15, -0.1) is 0 Å². The van der Waals surface area contributed by atoms with Gasteiger partial charge in [-0.1, -0.05) is 0 Å². The number of ether oxygens (including phenoxy) is 1. The molecule has 1 amide bonds. The summed E-state index contributed by atoms with van der Waals surface area (Å²) < 4.78 is 5.20. The molecule has 30 heavy (non-hydrogen) atoms. The number of nitrogens with one attached hydrogen (secondary N) is 1. The zero-order valence-electron chi connectivity index (χ0n) is 17.4. The molecule has 5 rings (SSSR count). The minimum atomic E-state index is -0.649. The molecule has 4 atom stereocenters. The first kappa shape index (κ1) is 20.8. The van der Waals surface area contributed by atoms with Crippen LogP contribution in [0.2, 0.25) is 0 Å². The van der Waals surface area contributed by atoms with Crippen LogP contribution in [0.3, 0.4) is 0 Å². The fourth-order valence-corrected chi connectivity index (χ4v) is 6.35. The lowest BCUT2D eigenvalue weighted by Gasteiger charge is -2.60. The summed E-state index contributed by atoms with van der Waals surface area (Å²) in [5.74, 6) is -0.125. The zero-order chi connectivity index (χ0) is 21.7. The molecule has 0 aliphatic heterocycles. The van der Waals surface area contributed by atoms with E-state index in [0.717, 1.165) is 43.2 Å². The Morgan fingerprint density at radius 1 is 1.20 bits per heavy atom. The van der Waals surface area contributed by atoms with Crippen LogP contribution in [-0.4, -0.2) is 34.1 Å². The van der Waals surface area contributed by atoms with Crippen LogP contribution in [0, 0.1) is 41.2 Å². The van der Waals surface area contributed by atoms with Crippen LogP contribution in [0.5, 0.6) is 0 Å². The molecule has 2 unspecified atom stereocenters. The van der Waals surface area contributed by atoms with Crippen molar-refractivity contribution in [2.75, 3.05) is 11.9 Å². The molecule has 0 heterocycles. The van der Waals surface area contributed by atoms with Crippen molar-refractivity contribution in [3.63, 3.8) is 0 Å². The molecular weight excluding hydrogens is 388 g/mol. The molecule has 162 valence electrons. The first-order valence-electron chi connectivity index (χ1n) is 10.5. The number of aliphatic hydroxyl groups is 1. The van der Waals surface area contributed by atoms with E-state index in [4.69, 9.17) is 4.74 Å². The van der Waals surface area contributed by atoms with Crippen molar-refractivity contribution in [3.05, 3.63) is 33.4 Å². The molecule has 1 aromatic rings. The van der Waals surface area contributed by atoms with Crippen molar-refractivity contribution >= 4 is 23.3 Å². The Bertz CT molecular complexity index is 897. The lowest BCUT2D eigenvalue weighted by molar-refractivity contribution is -0.384. The smallest absolute Gasteiger partial charge is 0.306 e. The quantitative estimate of drug-likeness (QED) is 0.417. The van der Waals surface area contributed by atoms with Crippen LogP contribution >= 0.6 is 0 Å². The monoisotopic (exact) mass is 416 g/mol. The van der Waals surface area contributed by atoms with Gasteiger partial charge in [-0.05, 0) is 86.8 Å². The molecule has 1 aromatic carbocycles. The van der Waals surface area contributed by atoms with E-state index in [1.807, 2.05) is 0 Å². The van der Waals surface area contributed by atoms with E-state index in [1.54, 1.807) is 19.9 Å². The van der Waals surface area contributed by atoms with E-state index in [0.29, 0.717) is 18.3 Å². The van der Waals surface area contributed by atoms with Crippen LogP contribution in [0.25, 0.3) is 0 Å². The van der Waals surface area contributed by atoms with Crippen molar-refractivity contribution in [3.8, 4) is 0 Å². The number of benzene rings is 1. The summed E-state index contributed by atoms with van der Waals surface area (Å²) in [6.45, 7) is 3.07. The maximum atomic E-state index is 12.5. The summed E-state index contributed by atoms with van der Waals surface area (Å²) in [4.78, 5) is 35.4. The number of rotatable bonds is 6. The van der Waals surface area contributed by atoms with Gasteiger partial charge >= 0.3 is 5.97 Å². The van der Waals surface area contributed by atoms with E-state index >= 15 is 0 Å². The van der Waals surface area contributed by atoms with Gasteiger partial charge in [0, 0.05) is 6.07 Å². The fraction of sp³-hybridized carbons (Fsp3) is 0.636. The minimum Gasteiger partial charge on any atom is -0.456 e. The Kier molecular flexibility index (Phi) is 5.08. The maximum absolute atomic E-state index is 12.5. The minimum absolute atomic E-state index is 0.0902. The number of nitro benzene ring substituents is 1. The van der Waals surface area contributed by atoms with Crippen molar-refractivity contribution < 1.29 is 24.4 Å². The first-order valence-corrected chi connectivity index (χ1v) is 10.5. The molecule has 4 bridgehead atoms. The molecule has 4 aliphatic rings. The van der Waals surface area contributed by atoms with E-state index in [1.165, 1.54) is 6.07 Å². The van der Waals surface area contributed by atoms with Gasteiger partial charge < -0.3 is 15.2 Å². The molecule has 8 heteroatoms. The second kappa shape index (κ2) is 7.34. The highest BCUT2D eigenvalue weighted by atomic mass is 16.6. The number of amides is 1. The zero-order valence-corrected chi connectivity index (χ0v) is 17.4. The maximum Gasteiger partial charge on any atom is 0.306 e. The SMILES string of the molecule is Cc1cc(NC(=O)COC(=O)CC23C[C@@H]4C[C@@H](CC(O)(C4)C2)C3)c([N+](=O)[O-])cc1C. The van der Waals surface area contributed by atoms with Crippen molar-refractivity contribution in [2.45, 2.75) is 64.4 Å². The summed E-state index contributed by atoms with van der Waals surface area (Å²) in [6, 6.07) is 2.96. The molecule has 4 saturated carbocycles. The Morgan fingerprint density at radius 2 is 1.83 bits per heavy atom. The highest BCUT2D eigenvalue weighted by Crippen LogP contribution is 2.62. The summed E-state index contributed by atoms with van der Waals surface area (Å²) in [7, 11) is 0. The average Bonchev–Trinajstić information content (AvgIpc) is 2.60. The molecule has 0 saturated heterocycles. The third-order valence-electron chi connectivity index (χ3n) is 7.12. The van der Waals surface area contributed by atoms with Gasteiger partial charge in [-0.2, -0.15) is 0 Å². The number of carbonyl (C=O) groups is 2. The van der Waals surface area contributed by atoms with Crippen molar-refractivity contribution in [1.29, 1.82) is 0 Å².